The first kappa shape index (κ1) is 13.9. The third-order valence-electron chi connectivity index (χ3n) is 2.27. The molecule has 0 unspecified atom stereocenters. The summed E-state index contributed by atoms with van der Waals surface area (Å²) in [5.74, 6) is -2.32. The molecule has 0 spiro atoms. The second kappa shape index (κ2) is 5.00. The normalized spacial score (nSPS) is 12.6. The van der Waals surface area contributed by atoms with Gasteiger partial charge in [0.15, 0.2) is 0 Å². The number of hydrogen-bond donors (Lipinski definition) is 1. The highest BCUT2D eigenvalue weighted by Crippen LogP contribution is 2.35. The van der Waals surface area contributed by atoms with Gasteiger partial charge in [-0.25, -0.2) is 8.78 Å². The van der Waals surface area contributed by atoms with E-state index >= 15 is 0 Å². The van der Waals surface area contributed by atoms with Gasteiger partial charge in [0.05, 0.1) is 6.61 Å². The Balaban J connectivity index is 2.84. The molecule has 1 rings (SSSR count). The van der Waals surface area contributed by atoms with Crippen LogP contribution in [-0.2, 0) is 5.92 Å². The van der Waals surface area contributed by atoms with Crippen molar-refractivity contribution < 1.29 is 13.5 Å². The summed E-state index contributed by atoms with van der Waals surface area (Å²) in [5, 5.41) is 0. The van der Waals surface area contributed by atoms with Crippen LogP contribution in [0.5, 0.6) is 5.75 Å². The van der Waals surface area contributed by atoms with Gasteiger partial charge in [-0.15, -0.1) is 0 Å². The number of benzene rings is 1. The molecule has 0 amide bonds. The summed E-state index contributed by atoms with van der Waals surface area (Å²) in [6, 6.07) is 5.87. The Morgan fingerprint density at radius 1 is 1.18 bits per heavy atom. The molecule has 1 aromatic rings. The molecule has 0 heterocycles. The first-order valence-electron chi connectivity index (χ1n) is 5.65. The average Bonchev–Trinajstić information content (AvgIpc) is 2.15. The van der Waals surface area contributed by atoms with Gasteiger partial charge in [0.25, 0.3) is 5.92 Å². The minimum absolute atomic E-state index is 0.0283. The van der Waals surface area contributed by atoms with Crippen LogP contribution in [-0.4, -0.2) is 12.1 Å². The second-order valence-electron chi connectivity index (χ2n) is 4.83. The highest BCUT2D eigenvalue weighted by molar-refractivity contribution is 5.30. The van der Waals surface area contributed by atoms with Crippen LogP contribution in [0, 0.1) is 0 Å². The van der Waals surface area contributed by atoms with Crippen molar-refractivity contribution in [2.75, 3.05) is 6.61 Å². The van der Waals surface area contributed by atoms with Crippen LogP contribution >= 0.6 is 0 Å². The van der Waals surface area contributed by atoms with Crippen molar-refractivity contribution in [1.82, 2.24) is 0 Å². The van der Waals surface area contributed by atoms with E-state index in [0.29, 0.717) is 12.4 Å². The fraction of sp³-hybridized carbons (Fsp3) is 0.538. The predicted molar refractivity (Wildman–Crippen MR) is 64.4 cm³/mol. The highest BCUT2D eigenvalue weighted by atomic mass is 19.3. The van der Waals surface area contributed by atoms with E-state index in [4.69, 9.17) is 10.5 Å². The predicted octanol–water partition coefficient (Wildman–Crippen LogP) is 3.30. The summed E-state index contributed by atoms with van der Waals surface area (Å²) >= 11 is 0. The smallest absolute Gasteiger partial charge is 0.274 e. The third-order valence-corrected chi connectivity index (χ3v) is 2.27. The zero-order valence-corrected chi connectivity index (χ0v) is 10.5. The van der Waals surface area contributed by atoms with Crippen LogP contribution < -0.4 is 10.5 Å². The van der Waals surface area contributed by atoms with Gasteiger partial charge in [0.1, 0.15) is 5.75 Å². The van der Waals surface area contributed by atoms with Gasteiger partial charge in [-0.1, -0.05) is 0 Å². The molecule has 0 saturated carbocycles. The molecule has 4 heteroatoms. The highest BCUT2D eigenvalue weighted by Gasteiger charge is 2.36. The molecule has 0 aliphatic rings. The van der Waals surface area contributed by atoms with Gasteiger partial charge in [-0.2, -0.15) is 0 Å². The maximum Gasteiger partial charge on any atom is 0.274 e. The molecule has 0 radical (unpaired) electrons. The number of halogens is 2. The second-order valence-corrected chi connectivity index (χ2v) is 4.83. The summed E-state index contributed by atoms with van der Waals surface area (Å²) < 4.78 is 32.9. The lowest BCUT2D eigenvalue weighted by molar-refractivity contribution is -0.0296. The quantitative estimate of drug-likeness (QED) is 0.861. The SMILES string of the molecule is CCOc1ccc(C(F)(F)CC(C)(C)N)cc1. The van der Waals surface area contributed by atoms with E-state index in [0.717, 1.165) is 0 Å². The van der Waals surface area contributed by atoms with Crippen molar-refractivity contribution in [3.8, 4) is 5.75 Å². The molecular formula is C13H19F2NO. The maximum atomic E-state index is 13.8. The van der Waals surface area contributed by atoms with Crippen LogP contribution in [0.2, 0.25) is 0 Å². The first-order valence-corrected chi connectivity index (χ1v) is 5.65. The van der Waals surface area contributed by atoms with Gasteiger partial charge in [0, 0.05) is 17.5 Å². The molecule has 96 valence electrons. The molecular weight excluding hydrogens is 224 g/mol. The molecule has 0 aliphatic heterocycles. The minimum atomic E-state index is -2.91. The number of nitrogens with two attached hydrogens (primary N) is 1. The van der Waals surface area contributed by atoms with Crippen molar-refractivity contribution >= 4 is 0 Å². The van der Waals surface area contributed by atoms with Crippen molar-refractivity contribution in [2.24, 2.45) is 5.73 Å². The van der Waals surface area contributed by atoms with Gasteiger partial charge < -0.3 is 10.5 Å². The summed E-state index contributed by atoms with van der Waals surface area (Å²) in [4.78, 5) is 0. The van der Waals surface area contributed by atoms with Crippen LogP contribution in [0.15, 0.2) is 24.3 Å². The van der Waals surface area contributed by atoms with Crippen molar-refractivity contribution in [1.29, 1.82) is 0 Å². The molecule has 0 fully saturated rings. The monoisotopic (exact) mass is 243 g/mol. The molecule has 0 saturated heterocycles. The van der Waals surface area contributed by atoms with Crippen LogP contribution in [0.3, 0.4) is 0 Å². The first-order chi connectivity index (χ1) is 7.74. The number of rotatable bonds is 5. The minimum Gasteiger partial charge on any atom is -0.494 e. The van der Waals surface area contributed by atoms with Crippen molar-refractivity contribution in [3.05, 3.63) is 29.8 Å². The van der Waals surface area contributed by atoms with Crippen molar-refractivity contribution in [3.63, 3.8) is 0 Å². The lowest BCUT2D eigenvalue weighted by atomic mass is 9.93. The van der Waals surface area contributed by atoms with Gasteiger partial charge in [-0.3, -0.25) is 0 Å². The molecule has 0 atom stereocenters. The van der Waals surface area contributed by atoms with Gasteiger partial charge in [-0.05, 0) is 45.0 Å². The fourth-order valence-corrected chi connectivity index (χ4v) is 1.64. The number of alkyl halides is 2. The fourth-order valence-electron chi connectivity index (χ4n) is 1.64. The third kappa shape index (κ3) is 4.30. The molecule has 2 N–H and O–H groups in total. The molecule has 1 aromatic carbocycles. The van der Waals surface area contributed by atoms with E-state index < -0.39 is 11.5 Å². The topological polar surface area (TPSA) is 35.2 Å². The van der Waals surface area contributed by atoms with Crippen molar-refractivity contribution in [2.45, 2.75) is 38.7 Å². The Labute approximate surface area is 101 Å². The summed E-state index contributed by atoms with van der Waals surface area (Å²) in [6.45, 7) is 5.55. The number of hydrogen-bond acceptors (Lipinski definition) is 2. The molecule has 2 nitrogen and oxygen atoms in total. The Bertz CT molecular complexity index is 355. The Kier molecular flexibility index (Phi) is 4.09. The zero-order chi connectivity index (χ0) is 13.1. The lowest BCUT2D eigenvalue weighted by Crippen LogP contribution is -2.37. The largest absolute Gasteiger partial charge is 0.494 e. The van der Waals surface area contributed by atoms with E-state index in [1.807, 2.05) is 6.92 Å². The standard InChI is InChI=1S/C13H19F2NO/c1-4-17-11-7-5-10(6-8-11)13(14,15)9-12(2,3)16/h5-8H,4,9,16H2,1-3H3. The number of ether oxygens (including phenoxy) is 1. The Morgan fingerprint density at radius 3 is 2.12 bits per heavy atom. The van der Waals surface area contributed by atoms with Crippen LogP contribution in [0.4, 0.5) is 8.78 Å². The van der Waals surface area contributed by atoms with Gasteiger partial charge >= 0.3 is 0 Å². The molecule has 0 bridgehead atoms. The lowest BCUT2D eigenvalue weighted by Gasteiger charge is -2.26. The van der Waals surface area contributed by atoms with E-state index in [2.05, 4.69) is 0 Å². The maximum absolute atomic E-state index is 13.8. The molecule has 0 aliphatic carbocycles. The zero-order valence-electron chi connectivity index (χ0n) is 10.5. The van der Waals surface area contributed by atoms with E-state index in [1.54, 1.807) is 26.0 Å². The summed E-state index contributed by atoms with van der Waals surface area (Å²) in [6.07, 6.45) is -0.381. The Morgan fingerprint density at radius 2 is 1.71 bits per heavy atom. The molecule has 0 aromatic heterocycles. The summed E-state index contributed by atoms with van der Waals surface area (Å²) in [7, 11) is 0. The van der Waals surface area contributed by atoms with Crippen LogP contribution in [0.1, 0.15) is 32.8 Å². The summed E-state index contributed by atoms with van der Waals surface area (Å²) in [5.41, 5.74) is 4.70. The average molecular weight is 243 g/mol. The van der Waals surface area contributed by atoms with E-state index in [-0.39, 0.29) is 12.0 Å². The van der Waals surface area contributed by atoms with E-state index in [1.165, 1.54) is 12.1 Å². The van der Waals surface area contributed by atoms with Gasteiger partial charge in [0.2, 0.25) is 0 Å². The van der Waals surface area contributed by atoms with E-state index in [9.17, 15) is 8.78 Å². The Hall–Kier alpha value is -1.16. The van der Waals surface area contributed by atoms with Crippen LogP contribution in [0.25, 0.3) is 0 Å². The molecule has 17 heavy (non-hydrogen) atoms.